The fourth-order valence-corrected chi connectivity index (χ4v) is 2.92. The number of nitrogens with two attached hydrogens (primary N) is 1. The molecule has 0 saturated carbocycles. The number of nitrogens with zero attached hydrogens (tertiary/aromatic N) is 2. The van der Waals surface area contributed by atoms with Crippen molar-refractivity contribution in [2.75, 3.05) is 31.7 Å². The lowest BCUT2D eigenvalue weighted by atomic mass is 10.3. The Morgan fingerprint density at radius 2 is 1.75 bits per heavy atom. The number of anilines is 2. The summed E-state index contributed by atoms with van der Waals surface area (Å²) in [6.45, 7) is 5.68. The van der Waals surface area contributed by atoms with Gasteiger partial charge in [-0.2, -0.15) is 4.98 Å². The van der Waals surface area contributed by atoms with E-state index in [1.165, 1.54) is 12.1 Å². The van der Waals surface area contributed by atoms with Crippen LogP contribution < -0.4 is 15.2 Å². The number of primary sulfonamides is 1. The van der Waals surface area contributed by atoms with Crippen LogP contribution in [0.25, 0.3) is 0 Å². The van der Waals surface area contributed by atoms with E-state index >= 15 is 0 Å². The Hall–Kier alpha value is -1.79. The van der Waals surface area contributed by atoms with Crippen LogP contribution in [-0.4, -0.2) is 50.9 Å². The lowest BCUT2D eigenvalue weighted by Gasteiger charge is -2.19. The zero-order chi connectivity index (χ0) is 20.6. The normalized spacial score (nSPS) is 11.6. The molecule has 0 amide bonds. The van der Waals surface area contributed by atoms with Crippen LogP contribution in [0.15, 0.2) is 39.8 Å². The third-order valence-electron chi connectivity index (χ3n) is 3.44. The molecule has 0 aliphatic carbocycles. The number of hydrogen-bond acceptors (Lipinski definition) is 8. The van der Waals surface area contributed by atoms with E-state index in [-0.39, 0.29) is 16.9 Å². The first-order chi connectivity index (χ1) is 13.3. The van der Waals surface area contributed by atoms with E-state index in [0.29, 0.717) is 42.5 Å². The van der Waals surface area contributed by atoms with Crippen LogP contribution in [0.4, 0.5) is 11.6 Å². The van der Waals surface area contributed by atoms with E-state index in [0.717, 1.165) is 0 Å². The van der Waals surface area contributed by atoms with Crippen LogP contribution in [0.5, 0.6) is 5.88 Å². The van der Waals surface area contributed by atoms with Crippen molar-refractivity contribution in [2.45, 2.75) is 24.8 Å². The summed E-state index contributed by atoms with van der Waals surface area (Å²) in [6.07, 6.45) is 1.23. The van der Waals surface area contributed by atoms with Crippen molar-refractivity contribution in [1.29, 1.82) is 0 Å². The number of sulfonamides is 1. The second-order valence-electron chi connectivity index (χ2n) is 5.60. The topological polar surface area (TPSA) is 126 Å². The van der Waals surface area contributed by atoms with Gasteiger partial charge in [0.1, 0.15) is 6.10 Å². The van der Waals surface area contributed by atoms with E-state index in [1.807, 2.05) is 13.8 Å². The molecular formula is C17H23BrN4O5S. The summed E-state index contributed by atoms with van der Waals surface area (Å²) >= 11 is 3.37. The lowest BCUT2D eigenvalue weighted by Crippen LogP contribution is -2.29. The van der Waals surface area contributed by atoms with Crippen LogP contribution in [0.2, 0.25) is 0 Å². The van der Waals surface area contributed by atoms with Gasteiger partial charge in [0.25, 0.3) is 0 Å². The number of halogens is 1. The SMILES string of the molecule is CCOCC(COCC)Oc1nc(Nc2ccc(S(N)(=O)=O)cc2)ncc1Br. The Balaban J connectivity index is 2.12. The second-order valence-corrected chi connectivity index (χ2v) is 8.02. The van der Waals surface area contributed by atoms with E-state index in [2.05, 4.69) is 31.2 Å². The van der Waals surface area contributed by atoms with Gasteiger partial charge in [-0.25, -0.2) is 18.5 Å². The van der Waals surface area contributed by atoms with Gasteiger partial charge in [0, 0.05) is 18.9 Å². The Morgan fingerprint density at radius 1 is 1.14 bits per heavy atom. The summed E-state index contributed by atoms with van der Waals surface area (Å²) in [4.78, 5) is 8.55. The highest BCUT2D eigenvalue weighted by molar-refractivity contribution is 9.10. The number of benzene rings is 1. The van der Waals surface area contributed by atoms with Gasteiger partial charge in [-0.1, -0.05) is 0 Å². The summed E-state index contributed by atoms with van der Waals surface area (Å²) in [7, 11) is -3.74. The molecular weight excluding hydrogens is 452 g/mol. The number of ether oxygens (including phenoxy) is 3. The largest absolute Gasteiger partial charge is 0.468 e. The predicted molar refractivity (Wildman–Crippen MR) is 108 cm³/mol. The van der Waals surface area contributed by atoms with Crippen molar-refractivity contribution in [3.05, 3.63) is 34.9 Å². The molecule has 0 spiro atoms. The molecule has 1 aromatic heterocycles. The van der Waals surface area contributed by atoms with Gasteiger partial charge in [0.15, 0.2) is 0 Å². The van der Waals surface area contributed by atoms with E-state index in [9.17, 15) is 8.42 Å². The maximum Gasteiger partial charge on any atom is 0.238 e. The van der Waals surface area contributed by atoms with E-state index in [4.69, 9.17) is 19.3 Å². The van der Waals surface area contributed by atoms with Crippen LogP contribution >= 0.6 is 15.9 Å². The van der Waals surface area contributed by atoms with Gasteiger partial charge in [-0.15, -0.1) is 0 Å². The number of nitrogens with one attached hydrogen (secondary N) is 1. The van der Waals surface area contributed by atoms with Crippen molar-refractivity contribution in [3.8, 4) is 5.88 Å². The van der Waals surface area contributed by atoms with Gasteiger partial charge < -0.3 is 19.5 Å². The minimum absolute atomic E-state index is 0.0217. The zero-order valence-electron chi connectivity index (χ0n) is 15.6. The molecule has 28 heavy (non-hydrogen) atoms. The van der Waals surface area contributed by atoms with Gasteiger partial charge in [-0.05, 0) is 54.0 Å². The Bertz CT molecular complexity index is 856. The van der Waals surface area contributed by atoms with Crippen LogP contribution in [0.1, 0.15) is 13.8 Å². The fourth-order valence-electron chi connectivity index (χ4n) is 2.12. The second kappa shape index (κ2) is 10.7. The molecule has 0 aliphatic rings. The standard InChI is InChI=1S/C17H23BrN4O5S/c1-3-25-10-13(11-26-4-2)27-16-15(18)9-20-17(22-16)21-12-5-7-14(8-6-12)28(19,23)24/h5-9,13H,3-4,10-11H2,1-2H3,(H2,19,23,24)(H,20,21,22). The molecule has 0 saturated heterocycles. The number of rotatable bonds is 11. The van der Waals surface area contributed by atoms with Gasteiger partial charge in [-0.3, -0.25) is 0 Å². The summed E-state index contributed by atoms with van der Waals surface area (Å²) < 4.78 is 40.0. The highest BCUT2D eigenvalue weighted by Gasteiger charge is 2.16. The first kappa shape index (κ1) is 22.5. The van der Waals surface area contributed by atoms with Crippen molar-refractivity contribution in [3.63, 3.8) is 0 Å². The maximum atomic E-state index is 11.3. The molecule has 0 fully saturated rings. The molecule has 0 unspecified atom stereocenters. The predicted octanol–water partition coefficient (Wildman–Crippen LogP) is 2.45. The van der Waals surface area contributed by atoms with Gasteiger partial charge in [0.05, 0.1) is 28.8 Å². The first-order valence-corrected chi connectivity index (χ1v) is 10.9. The Labute approximate surface area is 172 Å². The monoisotopic (exact) mass is 474 g/mol. The highest BCUT2D eigenvalue weighted by atomic mass is 79.9. The molecule has 154 valence electrons. The highest BCUT2D eigenvalue weighted by Crippen LogP contribution is 2.25. The minimum Gasteiger partial charge on any atom is -0.468 e. The van der Waals surface area contributed by atoms with Crippen LogP contribution in [0, 0.1) is 0 Å². The molecule has 1 heterocycles. The molecule has 0 bridgehead atoms. The Morgan fingerprint density at radius 3 is 2.29 bits per heavy atom. The van der Waals surface area contributed by atoms with Crippen LogP contribution in [-0.2, 0) is 19.5 Å². The molecule has 9 nitrogen and oxygen atoms in total. The molecule has 0 atom stereocenters. The van der Waals surface area contributed by atoms with Crippen molar-refractivity contribution < 1.29 is 22.6 Å². The van der Waals surface area contributed by atoms with E-state index < -0.39 is 10.0 Å². The van der Waals surface area contributed by atoms with Crippen molar-refractivity contribution >= 4 is 37.6 Å². The van der Waals surface area contributed by atoms with Crippen molar-refractivity contribution in [1.82, 2.24) is 9.97 Å². The van der Waals surface area contributed by atoms with Gasteiger partial charge in [0.2, 0.25) is 21.9 Å². The number of hydrogen-bond donors (Lipinski definition) is 2. The maximum absolute atomic E-state index is 11.3. The molecule has 3 N–H and O–H groups in total. The summed E-state index contributed by atoms with van der Waals surface area (Å²) in [5.74, 6) is 0.621. The molecule has 0 aliphatic heterocycles. The Kier molecular flexibility index (Phi) is 8.58. The molecule has 0 radical (unpaired) electrons. The lowest BCUT2D eigenvalue weighted by molar-refractivity contribution is -0.00250. The first-order valence-electron chi connectivity index (χ1n) is 8.58. The minimum atomic E-state index is -3.74. The average molecular weight is 475 g/mol. The summed E-state index contributed by atoms with van der Waals surface area (Å²) in [5.41, 5.74) is 0.598. The third kappa shape index (κ3) is 6.99. The molecule has 11 heteroatoms. The van der Waals surface area contributed by atoms with E-state index in [1.54, 1.807) is 18.3 Å². The molecule has 2 rings (SSSR count). The molecule has 2 aromatic rings. The van der Waals surface area contributed by atoms with Crippen molar-refractivity contribution in [2.24, 2.45) is 5.14 Å². The summed E-state index contributed by atoms with van der Waals surface area (Å²) in [6, 6.07) is 5.93. The number of aromatic nitrogens is 2. The summed E-state index contributed by atoms with van der Waals surface area (Å²) in [5, 5.41) is 8.09. The smallest absolute Gasteiger partial charge is 0.238 e. The average Bonchev–Trinajstić information content (AvgIpc) is 2.66. The zero-order valence-corrected chi connectivity index (χ0v) is 18.0. The van der Waals surface area contributed by atoms with Gasteiger partial charge >= 0.3 is 0 Å². The molecule has 1 aromatic carbocycles. The fraction of sp³-hybridized carbons (Fsp3) is 0.412. The quantitative estimate of drug-likeness (QED) is 0.508. The van der Waals surface area contributed by atoms with Crippen LogP contribution in [0.3, 0.4) is 0 Å². The third-order valence-corrected chi connectivity index (χ3v) is 4.92.